The number of hydrogen-bond acceptors (Lipinski definition) is 5. The third kappa shape index (κ3) is 8.78. The van der Waals surface area contributed by atoms with E-state index in [9.17, 15) is 18.0 Å². The second kappa shape index (κ2) is 15.8. The zero-order chi connectivity index (χ0) is 32.4. The first-order chi connectivity index (χ1) is 21.6. The van der Waals surface area contributed by atoms with Gasteiger partial charge in [0.25, 0.3) is 10.0 Å². The molecule has 1 atom stereocenters. The van der Waals surface area contributed by atoms with Gasteiger partial charge in [0.05, 0.1) is 22.7 Å². The Bertz CT molecular complexity index is 1690. The van der Waals surface area contributed by atoms with Gasteiger partial charge in [-0.1, -0.05) is 90.8 Å². The van der Waals surface area contributed by atoms with Crippen LogP contribution >= 0.6 is 23.2 Å². The Hall–Kier alpha value is -4.05. The van der Waals surface area contributed by atoms with Crippen LogP contribution in [-0.2, 0) is 32.6 Å². The summed E-state index contributed by atoms with van der Waals surface area (Å²) < 4.78 is 34.4. The molecule has 0 aliphatic rings. The fourth-order valence-electron chi connectivity index (χ4n) is 4.77. The van der Waals surface area contributed by atoms with Crippen LogP contribution in [0.2, 0.25) is 10.0 Å². The zero-order valence-corrected chi connectivity index (χ0v) is 27.4. The highest BCUT2D eigenvalue weighted by atomic mass is 35.5. The third-order valence-corrected chi connectivity index (χ3v) is 9.46. The van der Waals surface area contributed by atoms with Gasteiger partial charge in [0.1, 0.15) is 18.3 Å². The number of halogens is 2. The van der Waals surface area contributed by atoms with Crippen molar-refractivity contribution in [2.45, 2.75) is 37.2 Å². The predicted molar refractivity (Wildman–Crippen MR) is 178 cm³/mol. The topological polar surface area (TPSA) is 96.0 Å². The van der Waals surface area contributed by atoms with Crippen molar-refractivity contribution in [2.75, 3.05) is 24.5 Å². The maximum Gasteiger partial charge on any atom is 0.264 e. The summed E-state index contributed by atoms with van der Waals surface area (Å²) >= 11 is 12.5. The summed E-state index contributed by atoms with van der Waals surface area (Å²) in [6.45, 7) is 1.80. The molecule has 236 valence electrons. The van der Waals surface area contributed by atoms with Crippen molar-refractivity contribution in [1.82, 2.24) is 10.2 Å². The van der Waals surface area contributed by atoms with E-state index in [-0.39, 0.29) is 34.5 Å². The fourth-order valence-corrected chi connectivity index (χ4v) is 6.57. The highest BCUT2D eigenvalue weighted by Gasteiger charge is 2.34. The van der Waals surface area contributed by atoms with Crippen LogP contribution in [-0.4, -0.2) is 51.4 Å². The summed E-state index contributed by atoms with van der Waals surface area (Å²) in [6, 6.07) is 27.7. The van der Waals surface area contributed by atoms with Gasteiger partial charge in [0.15, 0.2) is 0 Å². The van der Waals surface area contributed by atoms with Gasteiger partial charge in [-0.05, 0) is 60.0 Å². The average molecular weight is 669 g/mol. The van der Waals surface area contributed by atoms with Gasteiger partial charge >= 0.3 is 0 Å². The molecule has 0 aliphatic heterocycles. The number of carbonyl (C=O) groups is 2. The molecule has 1 N–H and O–H groups in total. The number of benzene rings is 4. The van der Waals surface area contributed by atoms with E-state index in [4.69, 9.17) is 27.9 Å². The normalized spacial score (nSPS) is 11.8. The van der Waals surface area contributed by atoms with Crippen molar-refractivity contribution >= 4 is 50.7 Å². The number of ether oxygens (including phenoxy) is 1. The highest BCUT2D eigenvalue weighted by Crippen LogP contribution is 2.32. The monoisotopic (exact) mass is 667 g/mol. The standard InChI is InChI=1S/C34H35Cl2N3O5S/c1-3-20-37-34(41)31(21-25-10-6-4-7-11-25)38(23-26-14-16-27(35)17-15-26)33(40)24-39(28-18-19-32(44-2)30(36)22-28)45(42,43)29-12-8-5-9-13-29/h4-19,22,31H,3,20-21,23-24H2,1-2H3,(H,37,41)/t31-/m0/s1. The van der Waals surface area contributed by atoms with E-state index in [1.165, 1.54) is 42.3 Å². The van der Waals surface area contributed by atoms with Gasteiger partial charge in [-0.25, -0.2) is 8.42 Å². The Morgan fingerprint density at radius 2 is 1.51 bits per heavy atom. The lowest BCUT2D eigenvalue weighted by molar-refractivity contribution is -0.140. The molecule has 4 aromatic rings. The van der Waals surface area contributed by atoms with Crippen molar-refractivity contribution in [3.8, 4) is 5.75 Å². The zero-order valence-electron chi connectivity index (χ0n) is 25.0. The molecule has 11 heteroatoms. The van der Waals surface area contributed by atoms with Crippen molar-refractivity contribution < 1.29 is 22.7 Å². The molecule has 0 bridgehead atoms. The third-order valence-electron chi connectivity index (χ3n) is 7.12. The lowest BCUT2D eigenvalue weighted by atomic mass is 10.0. The Morgan fingerprint density at radius 3 is 2.11 bits per heavy atom. The lowest BCUT2D eigenvalue weighted by Gasteiger charge is -2.34. The maximum atomic E-state index is 14.5. The molecule has 2 amide bonds. The minimum atomic E-state index is -4.25. The molecule has 8 nitrogen and oxygen atoms in total. The van der Waals surface area contributed by atoms with Crippen LogP contribution in [0.1, 0.15) is 24.5 Å². The molecule has 0 radical (unpaired) electrons. The van der Waals surface area contributed by atoms with E-state index >= 15 is 0 Å². The first kappa shape index (κ1) is 33.8. The van der Waals surface area contributed by atoms with Crippen molar-refractivity contribution in [2.24, 2.45) is 0 Å². The van der Waals surface area contributed by atoms with Crippen LogP contribution in [0.15, 0.2) is 108 Å². The lowest BCUT2D eigenvalue weighted by Crippen LogP contribution is -2.53. The highest BCUT2D eigenvalue weighted by molar-refractivity contribution is 7.92. The van der Waals surface area contributed by atoms with Crippen LogP contribution in [0.5, 0.6) is 5.75 Å². The number of methoxy groups -OCH3 is 1. The first-order valence-electron chi connectivity index (χ1n) is 14.4. The van der Waals surface area contributed by atoms with Crippen molar-refractivity contribution in [3.63, 3.8) is 0 Å². The van der Waals surface area contributed by atoms with Crippen LogP contribution in [0.25, 0.3) is 0 Å². The molecule has 0 saturated carbocycles. The van der Waals surface area contributed by atoms with E-state index in [0.29, 0.717) is 23.7 Å². The number of carbonyl (C=O) groups excluding carboxylic acids is 2. The van der Waals surface area contributed by atoms with E-state index in [0.717, 1.165) is 15.4 Å². The summed E-state index contributed by atoms with van der Waals surface area (Å²) in [4.78, 5) is 29.6. The molecule has 4 aromatic carbocycles. The van der Waals surface area contributed by atoms with Gasteiger partial charge < -0.3 is 15.0 Å². The van der Waals surface area contributed by atoms with E-state index in [1.54, 1.807) is 42.5 Å². The first-order valence-corrected chi connectivity index (χ1v) is 16.6. The predicted octanol–water partition coefficient (Wildman–Crippen LogP) is 6.36. The second-order valence-electron chi connectivity index (χ2n) is 10.3. The molecule has 0 unspecified atom stereocenters. The van der Waals surface area contributed by atoms with E-state index in [2.05, 4.69) is 5.32 Å². The quantitative estimate of drug-likeness (QED) is 0.169. The van der Waals surface area contributed by atoms with E-state index < -0.39 is 28.5 Å². The molecule has 45 heavy (non-hydrogen) atoms. The van der Waals surface area contributed by atoms with Gasteiger partial charge in [-0.2, -0.15) is 0 Å². The van der Waals surface area contributed by atoms with Crippen molar-refractivity contribution in [1.29, 1.82) is 0 Å². The van der Waals surface area contributed by atoms with Gasteiger partial charge in [-0.15, -0.1) is 0 Å². The largest absolute Gasteiger partial charge is 0.495 e. The summed E-state index contributed by atoms with van der Waals surface area (Å²) in [5.41, 5.74) is 1.73. The number of amides is 2. The molecular formula is C34H35Cl2N3O5S. The average Bonchev–Trinajstić information content (AvgIpc) is 3.05. The summed E-state index contributed by atoms with van der Waals surface area (Å²) in [7, 11) is -2.80. The Morgan fingerprint density at radius 1 is 0.867 bits per heavy atom. The molecule has 0 saturated heterocycles. The number of nitrogens with one attached hydrogen (secondary N) is 1. The number of rotatable bonds is 14. The number of anilines is 1. The number of sulfonamides is 1. The summed E-state index contributed by atoms with van der Waals surface area (Å²) in [5.74, 6) is -0.569. The number of hydrogen-bond donors (Lipinski definition) is 1. The molecular weight excluding hydrogens is 633 g/mol. The summed E-state index contributed by atoms with van der Waals surface area (Å²) in [5, 5.41) is 3.63. The van der Waals surface area contributed by atoms with Crippen LogP contribution in [0.3, 0.4) is 0 Å². The minimum Gasteiger partial charge on any atom is -0.495 e. The Balaban J connectivity index is 1.81. The van der Waals surface area contributed by atoms with E-state index in [1.807, 2.05) is 37.3 Å². The summed E-state index contributed by atoms with van der Waals surface area (Å²) in [6.07, 6.45) is 0.922. The van der Waals surface area contributed by atoms with Gasteiger partial charge in [0, 0.05) is 24.5 Å². The minimum absolute atomic E-state index is 0.00415. The SMILES string of the molecule is CCCNC(=O)[C@H](Cc1ccccc1)N(Cc1ccc(Cl)cc1)C(=O)CN(c1ccc(OC)c(Cl)c1)S(=O)(=O)c1ccccc1. The van der Waals surface area contributed by atoms with Crippen molar-refractivity contribution in [3.05, 3.63) is 124 Å². The number of nitrogens with zero attached hydrogens (tertiary/aromatic N) is 2. The van der Waals surface area contributed by atoms with Crippen LogP contribution in [0.4, 0.5) is 5.69 Å². The molecule has 0 aliphatic carbocycles. The molecule has 0 fully saturated rings. The Kier molecular flexibility index (Phi) is 11.9. The second-order valence-corrected chi connectivity index (χ2v) is 13.0. The molecule has 0 spiro atoms. The van der Waals surface area contributed by atoms with Gasteiger partial charge in [-0.3, -0.25) is 13.9 Å². The molecule has 0 heterocycles. The molecule has 4 rings (SSSR count). The smallest absolute Gasteiger partial charge is 0.264 e. The van der Waals surface area contributed by atoms with Gasteiger partial charge in [0.2, 0.25) is 11.8 Å². The fraction of sp³-hybridized carbons (Fsp3) is 0.235. The maximum absolute atomic E-state index is 14.5. The van der Waals surface area contributed by atoms with Crippen LogP contribution in [0, 0.1) is 0 Å². The van der Waals surface area contributed by atoms with Crippen LogP contribution < -0.4 is 14.4 Å². The molecule has 0 aromatic heterocycles. The Labute approximate surface area is 274 Å².